The van der Waals surface area contributed by atoms with E-state index in [0.717, 1.165) is 19.4 Å². The number of carbonyl (C=O) groups is 3. The number of carbonyl (C=O) groups excluding carboxylic acids is 3. The molecule has 1 fully saturated rings. The highest BCUT2D eigenvalue weighted by atomic mass is 35.5. The van der Waals surface area contributed by atoms with Crippen molar-refractivity contribution < 1.29 is 14.4 Å². The molecule has 0 bridgehead atoms. The minimum Gasteiger partial charge on any atom is -0.346 e. The molecule has 1 N–H and O–H groups in total. The van der Waals surface area contributed by atoms with Crippen molar-refractivity contribution in [2.75, 3.05) is 33.2 Å². The summed E-state index contributed by atoms with van der Waals surface area (Å²) in [7, 11) is 1.84. The topological polar surface area (TPSA) is 69.7 Å². The van der Waals surface area contributed by atoms with Crippen molar-refractivity contribution in [1.82, 2.24) is 15.1 Å². The van der Waals surface area contributed by atoms with Gasteiger partial charge < -0.3 is 15.1 Å². The van der Waals surface area contributed by atoms with E-state index in [1.54, 1.807) is 21.9 Å². The number of rotatable bonds is 7. The smallest absolute Gasteiger partial charge is 0.251 e. The van der Waals surface area contributed by atoms with Crippen LogP contribution < -0.4 is 5.32 Å². The van der Waals surface area contributed by atoms with Gasteiger partial charge in [0.1, 0.15) is 0 Å². The van der Waals surface area contributed by atoms with Crippen LogP contribution in [-0.2, 0) is 9.59 Å². The van der Waals surface area contributed by atoms with Crippen LogP contribution in [0.5, 0.6) is 0 Å². The Morgan fingerprint density at radius 1 is 1.18 bits per heavy atom. The molecule has 0 spiro atoms. The van der Waals surface area contributed by atoms with Crippen molar-refractivity contribution in [3.63, 3.8) is 0 Å². The molecule has 28 heavy (non-hydrogen) atoms. The van der Waals surface area contributed by atoms with Gasteiger partial charge in [0.25, 0.3) is 5.91 Å². The molecule has 1 saturated heterocycles. The normalized spacial score (nSPS) is 14.6. The molecule has 1 aliphatic heterocycles. The van der Waals surface area contributed by atoms with Crippen LogP contribution in [0.25, 0.3) is 0 Å². The minimum atomic E-state index is -0.380. The zero-order valence-electron chi connectivity index (χ0n) is 16.3. The van der Waals surface area contributed by atoms with Gasteiger partial charge in [0, 0.05) is 38.2 Å². The summed E-state index contributed by atoms with van der Waals surface area (Å²) in [6.07, 6.45) is 3.36. The standard InChI is InChI=1S/C20H27Cl2N3O3/c1-3-4-9-24(2)20(28)14-7-10-25(11-8-14)18(26)13-23-19(27)15-5-6-16(21)17(22)12-15/h5-6,12,14H,3-4,7-11,13H2,1-2H3,(H,23,27). The van der Waals surface area contributed by atoms with E-state index >= 15 is 0 Å². The van der Waals surface area contributed by atoms with Crippen molar-refractivity contribution in [3.05, 3.63) is 33.8 Å². The number of hydrogen-bond acceptors (Lipinski definition) is 3. The van der Waals surface area contributed by atoms with E-state index < -0.39 is 0 Å². The number of hydrogen-bond donors (Lipinski definition) is 1. The van der Waals surface area contributed by atoms with Crippen LogP contribution >= 0.6 is 23.2 Å². The van der Waals surface area contributed by atoms with Gasteiger partial charge in [0.05, 0.1) is 16.6 Å². The highest BCUT2D eigenvalue weighted by Crippen LogP contribution is 2.22. The molecule has 6 nitrogen and oxygen atoms in total. The number of piperidine rings is 1. The SMILES string of the molecule is CCCCN(C)C(=O)C1CCN(C(=O)CNC(=O)c2ccc(Cl)c(Cl)c2)CC1. The van der Waals surface area contributed by atoms with E-state index in [1.807, 2.05) is 7.05 Å². The Morgan fingerprint density at radius 2 is 1.86 bits per heavy atom. The van der Waals surface area contributed by atoms with Gasteiger partial charge in [-0.05, 0) is 37.5 Å². The lowest BCUT2D eigenvalue weighted by molar-refractivity contribution is -0.139. The molecule has 0 atom stereocenters. The molecule has 3 amide bonds. The lowest BCUT2D eigenvalue weighted by Gasteiger charge is -2.33. The molecular weight excluding hydrogens is 401 g/mol. The van der Waals surface area contributed by atoms with E-state index in [2.05, 4.69) is 12.2 Å². The fourth-order valence-corrected chi connectivity index (χ4v) is 3.50. The van der Waals surface area contributed by atoms with E-state index in [-0.39, 0.29) is 35.2 Å². The van der Waals surface area contributed by atoms with Crippen LogP contribution in [0.15, 0.2) is 18.2 Å². The molecule has 1 heterocycles. The molecule has 0 saturated carbocycles. The van der Waals surface area contributed by atoms with Crippen molar-refractivity contribution in [3.8, 4) is 0 Å². The molecule has 8 heteroatoms. The first-order valence-electron chi connectivity index (χ1n) is 9.59. The Morgan fingerprint density at radius 3 is 2.46 bits per heavy atom. The van der Waals surface area contributed by atoms with Gasteiger partial charge in [0.2, 0.25) is 11.8 Å². The summed E-state index contributed by atoms with van der Waals surface area (Å²) >= 11 is 11.8. The molecular formula is C20H27Cl2N3O3. The maximum absolute atomic E-state index is 12.4. The van der Waals surface area contributed by atoms with Gasteiger partial charge in [-0.3, -0.25) is 14.4 Å². The molecule has 1 aromatic rings. The number of unbranched alkanes of at least 4 members (excludes halogenated alkanes) is 1. The third-order valence-corrected chi connectivity index (χ3v) is 5.74. The monoisotopic (exact) mass is 427 g/mol. The summed E-state index contributed by atoms with van der Waals surface area (Å²) in [4.78, 5) is 40.5. The summed E-state index contributed by atoms with van der Waals surface area (Å²) in [6.45, 7) is 3.84. The maximum Gasteiger partial charge on any atom is 0.251 e. The Hall–Kier alpha value is -1.79. The maximum atomic E-state index is 12.4. The minimum absolute atomic E-state index is 0.0308. The first kappa shape index (κ1) is 22.5. The number of halogens is 2. The van der Waals surface area contributed by atoms with E-state index in [1.165, 1.54) is 6.07 Å². The Labute approximate surface area is 176 Å². The Bertz CT molecular complexity index is 719. The van der Waals surface area contributed by atoms with Crippen LogP contribution in [0.2, 0.25) is 10.0 Å². The molecule has 0 aromatic heterocycles. The molecule has 0 aliphatic carbocycles. The second-order valence-corrected chi connectivity index (χ2v) is 7.89. The first-order valence-corrected chi connectivity index (χ1v) is 10.3. The summed E-state index contributed by atoms with van der Waals surface area (Å²) in [5.74, 6) is -0.404. The number of nitrogens with one attached hydrogen (secondary N) is 1. The largest absolute Gasteiger partial charge is 0.346 e. The van der Waals surface area contributed by atoms with Gasteiger partial charge in [0.15, 0.2) is 0 Å². The van der Waals surface area contributed by atoms with Crippen LogP contribution in [0, 0.1) is 5.92 Å². The molecule has 2 rings (SSSR count). The average Bonchev–Trinajstić information content (AvgIpc) is 2.71. The van der Waals surface area contributed by atoms with Gasteiger partial charge in [-0.25, -0.2) is 0 Å². The summed E-state index contributed by atoms with van der Waals surface area (Å²) in [5.41, 5.74) is 0.349. The average molecular weight is 428 g/mol. The third kappa shape index (κ3) is 6.11. The Balaban J connectivity index is 1.78. The summed E-state index contributed by atoms with van der Waals surface area (Å²) in [6, 6.07) is 4.57. The van der Waals surface area contributed by atoms with Crippen molar-refractivity contribution in [2.24, 2.45) is 5.92 Å². The number of benzene rings is 1. The predicted molar refractivity (Wildman–Crippen MR) is 111 cm³/mol. The lowest BCUT2D eigenvalue weighted by Crippen LogP contribution is -2.46. The third-order valence-electron chi connectivity index (χ3n) is 5.00. The van der Waals surface area contributed by atoms with Crippen LogP contribution in [0.4, 0.5) is 0 Å². The quantitative estimate of drug-likeness (QED) is 0.725. The van der Waals surface area contributed by atoms with Crippen LogP contribution in [0.3, 0.4) is 0 Å². The Kier molecular flexibility index (Phi) is 8.58. The zero-order chi connectivity index (χ0) is 20.7. The molecule has 1 aromatic carbocycles. The molecule has 1 aliphatic rings. The highest BCUT2D eigenvalue weighted by molar-refractivity contribution is 6.42. The van der Waals surface area contributed by atoms with Crippen molar-refractivity contribution in [1.29, 1.82) is 0 Å². The van der Waals surface area contributed by atoms with Crippen molar-refractivity contribution >= 4 is 40.9 Å². The molecule has 0 radical (unpaired) electrons. The second kappa shape index (κ2) is 10.7. The number of nitrogens with zero attached hydrogens (tertiary/aromatic N) is 2. The van der Waals surface area contributed by atoms with Gasteiger partial charge >= 0.3 is 0 Å². The van der Waals surface area contributed by atoms with Crippen LogP contribution in [0.1, 0.15) is 43.0 Å². The van der Waals surface area contributed by atoms with E-state index in [9.17, 15) is 14.4 Å². The predicted octanol–water partition coefficient (Wildman–Crippen LogP) is 3.22. The zero-order valence-corrected chi connectivity index (χ0v) is 17.9. The van der Waals surface area contributed by atoms with Crippen LogP contribution in [-0.4, -0.2) is 60.7 Å². The molecule has 0 unspecified atom stereocenters. The van der Waals surface area contributed by atoms with Gasteiger partial charge in [-0.1, -0.05) is 36.5 Å². The first-order chi connectivity index (χ1) is 13.3. The van der Waals surface area contributed by atoms with Crippen molar-refractivity contribution in [2.45, 2.75) is 32.6 Å². The number of likely N-dealkylation sites (tertiary alicyclic amines) is 1. The fourth-order valence-electron chi connectivity index (χ4n) is 3.20. The molecule has 154 valence electrons. The fraction of sp³-hybridized carbons (Fsp3) is 0.550. The lowest BCUT2D eigenvalue weighted by atomic mass is 9.95. The second-order valence-electron chi connectivity index (χ2n) is 7.08. The number of amides is 3. The van der Waals surface area contributed by atoms with E-state index in [4.69, 9.17) is 23.2 Å². The summed E-state index contributed by atoms with van der Waals surface area (Å²) < 4.78 is 0. The van der Waals surface area contributed by atoms with Gasteiger partial charge in [-0.15, -0.1) is 0 Å². The highest BCUT2D eigenvalue weighted by Gasteiger charge is 2.29. The summed E-state index contributed by atoms with van der Waals surface area (Å²) in [5, 5.41) is 3.27. The van der Waals surface area contributed by atoms with Gasteiger partial charge in [-0.2, -0.15) is 0 Å². The van der Waals surface area contributed by atoms with E-state index in [0.29, 0.717) is 36.5 Å².